The number of likely N-dealkylation sites (N-methyl/N-ethyl adjacent to an activating group) is 1. The Morgan fingerprint density at radius 1 is 1.06 bits per heavy atom. The molecule has 0 aliphatic carbocycles. The number of benzene rings is 2. The molecule has 35 heavy (non-hydrogen) atoms. The Kier molecular flexibility index (Phi) is 10.9. The minimum atomic E-state index is -4.49. The van der Waals surface area contributed by atoms with Gasteiger partial charge in [-0.05, 0) is 62.3 Å². The molecular formula is C25H30ClF3N2O4. The lowest BCUT2D eigenvalue weighted by Gasteiger charge is -2.19. The Balaban J connectivity index is 2.05. The zero-order valence-corrected chi connectivity index (χ0v) is 20.8. The zero-order valence-electron chi connectivity index (χ0n) is 20.0. The monoisotopic (exact) mass is 514 g/mol. The molecule has 0 atom stereocenters. The van der Waals surface area contributed by atoms with E-state index in [1.807, 2.05) is 0 Å². The lowest BCUT2D eigenvalue weighted by molar-refractivity contribution is -0.137. The summed E-state index contributed by atoms with van der Waals surface area (Å²) in [5.74, 6) is -0.603. The molecule has 0 fully saturated rings. The lowest BCUT2D eigenvalue weighted by Crippen LogP contribution is -2.28. The molecule has 1 N–H and O–H groups in total. The number of aryl methyl sites for hydroxylation is 1. The molecule has 0 aliphatic rings. The van der Waals surface area contributed by atoms with E-state index in [-0.39, 0.29) is 35.9 Å². The highest BCUT2D eigenvalue weighted by molar-refractivity contribution is 6.31. The van der Waals surface area contributed by atoms with Gasteiger partial charge in [-0.1, -0.05) is 31.5 Å². The first-order chi connectivity index (χ1) is 16.6. The van der Waals surface area contributed by atoms with Gasteiger partial charge in [0.05, 0.1) is 12.2 Å². The minimum absolute atomic E-state index is 0.0120. The van der Waals surface area contributed by atoms with Crippen molar-refractivity contribution in [1.29, 1.82) is 0 Å². The number of anilines is 1. The van der Waals surface area contributed by atoms with Crippen molar-refractivity contribution in [3.63, 3.8) is 0 Å². The van der Waals surface area contributed by atoms with Crippen LogP contribution in [0.4, 0.5) is 18.9 Å². The maximum atomic E-state index is 12.8. The Labute approximate surface area is 208 Å². The maximum Gasteiger partial charge on any atom is 0.416 e. The summed E-state index contributed by atoms with van der Waals surface area (Å²) in [4.78, 5) is 27.1. The van der Waals surface area contributed by atoms with Gasteiger partial charge < -0.3 is 19.7 Å². The van der Waals surface area contributed by atoms with E-state index in [1.54, 1.807) is 19.1 Å². The molecular weight excluding hydrogens is 485 g/mol. The third kappa shape index (κ3) is 8.74. The first-order valence-electron chi connectivity index (χ1n) is 11.4. The number of hydrogen-bond donors (Lipinski definition) is 1. The van der Waals surface area contributed by atoms with Crippen LogP contribution >= 0.6 is 11.6 Å². The predicted octanol–water partition coefficient (Wildman–Crippen LogP) is 5.83. The van der Waals surface area contributed by atoms with E-state index in [2.05, 4.69) is 24.1 Å². The molecule has 1 amide bonds. The first kappa shape index (κ1) is 28.5. The van der Waals surface area contributed by atoms with Crippen LogP contribution in [0, 0.1) is 0 Å². The molecule has 192 valence electrons. The van der Waals surface area contributed by atoms with Gasteiger partial charge >= 0.3 is 12.1 Å². The average Bonchev–Trinajstić information content (AvgIpc) is 2.81. The molecule has 0 bridgehead atoms. The normalized spacial score (nSPS) is 11.4. The van der Waals surface area contributed by atoms with E-state index in [9.17, 15) is 22.8 Å². The summed E-state index contributed by atoms with van der Waals surface area (Å²) in [6, 6.07) is 7.73. The smallest absolute Gasteiger partial charge is 0.416 e. The summed E-state index contributed by atoms with van der Waals surface area (Å²) in [5.41, 5.74) is 0.142. The first-order valence-corrected chi connectivity index (χ1v) is 11.8. The predicted molar refractivity (Wildman–Crippen MR) is 129 cm³/mol. The number of hydrogen-bond acceptors (Lipinski definition) is 5. The molecule has 2 aromatic rings. The van der Waals surface area contributed by atoms with Crippen molar-refractivity contribution in [2.75, 3.05) is 38.2 Å². The molecule has 6 nitrogen and oxygen atoms in total. The molecule has 2 aromatic carbocycles. The van der Waals surface area contributed by atoms with Crippen LogP contribution < -0.4 is 10.1 Å². The second-order valence-electron chi connectivity index (χ2n) is 7.66. The Hall–Kier alpha value is -2.78. The molecule has 0 spiro atoms. The Morgan fingerprint density at radius 2 is 1.77 bits per heavy atom. The van der Waals surface area contributed by atoms with Crippen molar-refractivity contribution < 1.29 is 32.2 Å². The Morgan fingerprint density at radius 3 is 2.37 bits per heavy atom. The lowest BCUT2D eigenvalue weighted by atomic mass is 10.1. The summed E-state index contributed by atoms with van der Waals surface area (Å²) in [5, 5.41) is 2.64. The van der Waals surface area contributed by atoms with Crippen LogP contribution in [-0.2, 0) is 22.1 Å². The van der Waals surface area contributed by atoms with Crippen molar-refractivity contribution in [1.82, 2.24) is 4.90 Å². The number of rotatable bonds is 12. The van der Waals surface area contributed by atoms with E-state index < -0.39 is 17.7 Å². The highest BCUT2D eigenvalue weighted by Crippen LogP contribution is 2.32. The molecule has 2 rings (SSSR count). The minimum Gasteiger partial charge on any atom is -0.491 e. The van der Waals surface area contributed by atoms with Gasteiger partial charge in [-0.2, -0.15) is 13.2 Å². The molecule has 0 saturated carbocycles. The zero-order chi connectivity index (χ0) is 26.0. The standard InChI is InChI=1S/C25H30ClF3N2O4/c1-4-31(5-2)13-14-35-22-11-10-19(16-20(22)24(33)34-6-3)30-23(32)12-8-17-7-9-18(15-21(17)26)25(27,28)29/h7,9-11,15-16H,4-6,8,12-14H2,1-3H3,(H,30,32). The summed E-state index contributed by atoms with van der Waals surface area (Å²) < 4.78 is 49.3. The fourth-order valence-electron chi connectivity index (χ4n) is 3.32. The van der Waals surface area contributed by atoms with E-state index in [0.717, 1.165) is 25.2 Å². The van der Waals surface area contributed by atoms with Crippen molar-refractivity contribution in [2.45, 2.75) is 39.8 Å². The fraction of sp³-hybridized carbons (Fsp3) is 0.440. The fourth-order valence-corrected chi connectivity index (χ4v) is 3.60. The second-order valence-corrected chi connectivity index (χ2v) is 8.07. The third-order valence-corrected chi connectivity index (χ3v) is 5.67. The summed E-state index contributed by atoms with van der Waals surface area (Å²) >= 11 is 5.96. The van der Waals surface area contributed by atoms with Crippen LogP contribution in [0.1, 0.15) is 48.7 Å². The Bertz CT molecular complexity index is 1010. The second kappa shape index (κ2) is 13.3. The van der Waals surface area contributed by atoms with Crippen molar-refractivity contribution in [3.05, 3.63) is 58.1 Å². The van der Waals surface area contributed by atoms with Crippen LogP contribution in [-0.4, -0.2) is 49.6 Å². The third-order valence-electron chi connectivity index (χ3n) is 5.32. The van der Waals surface area contributed by atoms with E-state index in [4.69, 9.17) is 21.1 Å². The molecule has 0 aromatic heterocycles. The van der Waals surface area contributed by atoms with Gasteiger partial charge in [-0.3, -0.25) is 4.79 Å². The van der Waals surface area contributed by atoms with Gasteiger partial charge in [0.25, 0.3) is 0 Å². The van der Waals surface area contributed by atoms with Gasteiger partial charge in [0, 0.05) is 23.7 Å². The topological polar surface area (TPSA) is 67.9 Å². The van der Waals surface area contributed by atoms with E-state index >= 15 is 0 Å². The van der Waals surface area contributed by atoms with Gasteiger partial charge in [0.15, 0.2) is 0 Å². The summed E-state index contributed by atoms with van der Waals surface area (Å²) in [6.07, 6.45) is -4.35. The average molecular weight is 515 g/mol. The maximum absolute atomic E-state index is 12.8. The number of carbonyl (C=O) groups excluding carboxylic acids is 2. The number of carbonyl (C=O) groups is 2. The largest absolute Gasteiger partial charge is 0.491 e. The van der Waals surface area contributed by atoms with Crippen molar-refractivity contribution in [2.24, 2.45) is 0 Å². The molecule has 0 heterocycles. The number of esters is 1. The summed E-state index contributed by atoms with van der Waals surface area (Å²) in [6.45, 7) is 8.82. The number of halogens is 4. The van der Waals surface area contributed by atoms with Crippen LogP contribution in [0.25, 0.3) is 0 Å². The summed E-state index contributed by atoms with van der Waals surface area (Å²) in [7, 11) is 0. The van der Waals surface area contributed by atoms with Gasteiger partial charge in [-0.25, -0.2) is 4.79 Å². The van der Waals surface area contributed by atoms with Gasteiger partial charge in [-0.15, -0.1) is 0 Å². The molecule has 0 unspecified atom stereocenters. The van der Waals surface area contributed by atoms with Gasteiger partial charge in [0.1, 0.15) is 17.9 Å². The SMILES string of the molecule is CCOC(=O)c1cc(NC(=O)CCc2ccc(C(F)(F)F)cc2Cl)ccc1OCCN(CC)CC. The van der Waals surface area contributed by atoms with Crippen LogP contribution in [0.3, 0.4) is 0 Å². The molecule has 0 aliphatic heterocycles. The number of nitrogens with zero attached hydrogens (tertiary/aromatic N) is 1. The van der Waals surface area contributed by atoms with Gasteiger partial charge in [0.2, 0.25) is 5.91 Å². The van der Waals surface area contributed by atoms with Crippen molar-refractivity contribution in [3.8, 4) is 5.75 Å². The highest BCUT2D eigenvalue weighted by Gasteiger charge is 2.30. The number of ether oxygens (including phenoxy) is 2. The quantitative estimate of drug-likeness (QED) is 0.361. The van der Waals surface area contributed by atoms with Crippen LogP contribution in [0.2, 0.25) is 5.02 Å². The van der Waals surface area contributed by atoms with E-state index in [1.165, 1.54) is 12.1 Å². The number of amides is 1. The van der Waals surface area contributed by atoms with Crippen LogP contribution in [0.5, 0.6) is 5.75 Å². The van der Waals surface area contributed by atoms with E-state index in [0.29, 0.717) is 30.2 Å². The molecule has 0 radical (unpaired) electrons. The number of alkyl halides is 3. The molecule has 0 saturated heterocycles. The molecule has 10 heteroatoms. The van der Waals surface area contributed by atoms with Crippen LogP contribution in [0.15, 0.2) is 36.4 Å². The number of nitrogens with one attached hydrogen (secondary N) is 1. The van der Waals surface area contributed by atoms with Crippen molar-refractivity contribution >= 4 is 29.2 Å². The highest BCUT2D eigenvalue weighted by atomic mass is 35.5.